The van der Waals surface area contributed by atoms with Crippen LogP contribution in [0.15, 0.2) is 6.07 Å². The van der Waals surface area contributed by atoms with Gasteiger partial charge in [-0.05, 0) is 68.9 Å². The van der Waals surface area contributed by atoms with Gasteiger partial charge in [0.2, 0.25) is 0 Å². The van der Waals surface area contributed by atoms with Gasteiger partial charge in [0, 0.05) is 18.3 Å². The van der Waals surface area contributed by atoms with E-state index in [1.807, 2.05) is 0 Å². The number of aryl methyl sites for hydroxylation is 2. The average molecular weight is 281 g/mol. The van der Waals surface area contributed by atoms with Crippen molar-refractivity contribution in [1.29, 1.82) is 5.26 Å². The van der Waals surface area contributed by atoms with Crippen LogP contribution in [0.1, 0.15) is 61.8 Å². The molecule has 2 aliphatic carbocycles. The quantitative estimate of drug-likeness (QED) is 0.789. The van der Waals surface area contributed by atoms with Gasteiger partial charge in [-0.15, -0.1) is 0 Å². The van der Waals surface area contributed by atoms with Gasteiger partial charge in [-0.25, -0.2) is 4.98 Å². The fraction of sp³-hybridized carbons (Fsp3) is 0.667. The Morgan fingerprint density at radius 2 is 1.95 bits per heavy atom. The summed E-state index contributed by atoms with van der Waals surface area (Å²) in [6.45, 7) is 1.08. The van der Waals surface area contributed by atoms with Crippen molar-refractivity contribution in [3.8, 4) is 6.07 Å². The molecule has 2 heterocycles. The highest BCUT2D eigenvalue weighted by atomic mass is 15.2. The first-order valence-electron chi connectivity index (χ1n) is 8.56. The first kappa shape index (κ1) is 13.1. The Morgan fingerprint density at radius 3 is 2.86 bits per heavy atom. The molecule has 4 rings (SSSR count). The van der Waals surface area contributed by atoms with E-state index in [4.69, 9.17) is 4.98 Å². The number of anilines is 1. The summed E-state index contributed by atoms with van der Waals surface area (Å²) in [6, 6.07) is 5.19. The van der Waals surface area contributed by atoms with E-state index in [0.29, 0.717) is 6.04 Å². The lowest BCUT2D eigenvalue weighted by atomic mass is 9.91. The number of nitrogens with zero attached hydrogens (tertiary/aromatic N) is 3. The molecule has 0 bridgehead atoms. The van der Waals surface area contributed by atoms with Gasteiger partial charge in [0.1, 0.15) is 11.9 Å². The van der Waals surface area contributed by atoms with Crippen LogP contribution in [-0.2, 0) is 12.8 Å². The van der Waals surface area contributed by atoms with Crippen molar-refractivity contribution >= 4 is 5.82 Å². The number of fused-ring (bicyclic) bond motifs is 2. The van der Waals surface area contributed by atoms with Gasteiger partial charge < -0.3 is 4.90 Å². The molecule has 2 atom stereocenters. The highest BCUT2D eigenvalue weighted by molar-refractivity contribution is 5.57. The Morgan fingerprint density at radius 1 is 1.10 bits per heavy atom. The van der Waals surface area contributed by atoms with Gasteiger partial charge in [0.15, 0.2) is 0 Å². The van der Waals surface area contributed by atoms with Crippen LogP contribution in [0.4, 0.5) is 5.82 Å². The van der Waals surface area contributed by atoms with Gasteiger partial charge in [-0.1, -0.05) is 6.42 Å². The summed E-state index contributed by atoms with van der Waals surface area (Å²) in [7, 11) is 0. The van der Waals surface area contributed by atoms with E-state index in [2.05, 4.69) is 17.0 Å². The molecular formula is C18H23N3. The summed E-state index contributed by atoms with van der Waals surface area (Å²) in [4.78, 5) is 7.45. The number of aromatic nitrogens is 1. The molecule has 1 aromatic rings. The van der Waals surface area contributed by atoms with Gasteiger partial charge >= 0.3 is 0 Å². The van der Waals surface area contributed by atoms with Gasteiger partial charge in [-0.2, -0.15) is 5.26 Å². The summed E-state index contributed by atoms with van der Waals surface area (Å²) in [5.74, 6) is 1.83. The molecular weight excluding hydrogens is 258 g/mol. The Labute approximate surface area is 127 Å². The van der Waals surface area contributed by atoms with Crippen LogP contribution in [-0.4, -0.2) is 17.6 Å². The van der Waals surface area contributed by atoms with Crippen molar-refractivity contribution in [2.75, 3.05) is 11.4 Å². The van der Waals surface area contributed by atoms with E-state index in [-0.39, 0.29) is 0 Å². The lowest BCUT2D eigenvalue weighted by Crippen LogP contribution is -2.43. The number of nitriles is 1. The third-order valence-electron chi connectivity index (χ3n) is 5.67. The minimum Gasteiger partial charge on any atom is -0.352 e. The van der Waals surface area contributed by atoms with Crippen LogP contribution in [0.25, 0.3) is 0 Å². The SMILES string of the molecule is N#Cc1cc2c(nc1N1CCCC3CCCC31)CCCC2. The minimum atomic E-state index is 0.639. The molecule has 1 saturated heterocycles. The maximum atomic E-state index is 9.57. The zero-order valence-corrected chi connectivity index (χ0v) is 12.6. The molecule has 1 aliphatic heterocycles. The summed E-state index contributed by atoms with van der Waals surface area (Å²) < 4.78 is 0. The predicted octanol–water partition coefficient (Wildman–Crippen LogP) is 3.60. The standard InChI is InChI=1S/C18H23N3/c19-12-15-11-14-5-1-2-8-16(14)20-18(15)21-10-4-7-13-6-3-9-17(13)21/h11,13,17H,1-10H2. The van der Waals surface area contributed by atoms with Crippen LogP contribution < -0.4 is 4.90 Å². The minimum absolute atomic E-state index is 0.639. The van der Waals surface area contributed by atoms with Crippen molar-refractivity contribution in [3.63, 3.8) is 0 Å². The largest absolute Gasteiger partial charge is 0.352 e. The van der Waals surface area contributed by atoms with Crippen LogP contribution in [0.2, 0.25) is 0 Å². The summed E-state index contributed by atoms with van der Waals surface area (Å²) in [5, 5.41) is 9.57. The van der Waals surface area contributed by atoms with Crippen LogP contribution >= 0.6 is 0 Å². The maximum Gasteiger partial charge on any atom is 0.147 e. The smallest absolute Gasteiger partial charge is 0.147 e. The first-order valence-corrected chi connectivity index (χ1v) is 8.56. The average Bonchev–Trinajstić information content (AvgIpc) is 3.02. The third kappa shape index (κ3) is 2.21. The number of pyridine rings is 1. The second kappa shape index (κ2) is 5.33. The van der Waals surface area contributed by atoms with Crippen molar-refractivity contribution in [2.45, 2.75) is 63.8 Å². The summed E-state index contributed by atoms with van der Waals surface area (Å²) in [6.07, 6.45) is 11.3. The second-order valence-electron chi connectivity index (χ2n) is 6.88. The van der Waals surface area contributed by atoms with E-state index in [1.54, 1.807) is 0 Å². The topological polar surface area (TPSA) is 39.9 Å². The van der Waals surface area contributed by atoms with Crippen molar-refractivity contribution in [3.05, 3.63) is 22.9 Å². The Hall–Kier alpha value is -1.56. The molecule has 3 heteroatoms. The van der Waals surface area contributed by atoms with Crippen molar-refractivity contribution < 1.29 is 0 Å². The number of rotatable bonds is 1. The zero-order chi connectivity index (χ0) is 14.2. The second-order valence-corrected chi connectivity index (χ2v) is 6.88. The molecule has 3 nitrogen and oxygen atoms in total. The molecule has 0 radical (unpaired) electrons. The zero-order valence-electron chi connectivity index (χ0n) is 12.6. The number of hydrogen-bond donors (Lipinski definition) is 0. The normalized spacial score (nSPS) is 27.9. The van der Waals surface area contributed by atoms with E-state index in [9.17, 15) is 5.26 Å². The molecule has 1 saturated carbocycles. The summed E-state index contributed by atoms with van der Waals surface area (Å²) in [5.41, 5.74) is 3.39. The first-order chi connectivity index (χ1) is 10.4. The molecule has 0 N–H and O–H groups in total. The Balaban J connectivity index is 1.74. The fourth-order valence-electron chi connectivity index (χ4n) is 4.64. The van der Waals surface area contributed by atoms with E-state index >= 15 is 0 Å². The Bertz CT molecular complexity index is 587. The Kier molecular flexibility index (Phi) is 3.33. The monoisotopic (exact) mass is 281 g/mol. The third-order valence-corrected chi connectivity index (χ3v) is 5.67. The van der Waals surface area contributed by atoms with Gasteiger partial charge in [0.25, 0.3) is 0 Å². The molecule has 0 aromatic carbocycles. The van der Waals surface area contributed by atoms with Crippen LogP contribution in [0, 0.1) is 17.2 Å². The lowest BCUT2D eigenvalue weighted by molar-refractivity contribution is 0.360. The molecule has 3 aliphatic rings. The lowest BCUT2D eigenvalue weighted by Gasteiger charge is -2.39. The van der Waals surface area contributed by atoms with Gasteiger partial charge in [0.05, 0.1) is 5.56 Å². The van der Waals surface area contributed by atoms with Crippen LogP contribution in [0.5, 0.6) is 0 Å². The fourth-order valence-corrected chi connectivity index (χ4v) is 4.64. The van der Waals surface area contributed by atoms with E-state index in [1.165, 1.54) is 56.2 Å². The predicted molar refractivity (Wildman–Crippen MR) is 83.3 cm³/mol. The van der Waals surface area contributed by atoms with Crippen molar-refractivity contribution in [2.24, 2.45) is 5.92 Å². The summed E-state index contributed by atoms with van der Waals surface area (Å²) >= 11 is 0. The number of piperidine rings is 1. The van der Waals surface area contributed by atoms with Gasteiger partial charge in [-0.3, -0.25) is 0 Å². The van der Waals surface area contributed by atoms with Crippen LogP contribution in [0.3, 0.4) is 0 Å². The number of hydrogen-bond acceptors (Lipinski definition) is 3. The molecule has 2 fully saturated rings. The molecule has 1 aromatic heterocycles. The van der Waals surface area contributed by atoms with E-state index < -0.39 is 0 Å². The van der Waals surface area contributed by atoms with Crippen molar-refractivity contribution in [1.82, 2.24) is 4.98 Å². The maximum absolute atomic E-state index is 9.57. The van der Waals surface area contributed by atoms with E-state index in [0.717, 1.165) is 36.7 Å². The molecule has 2 unspecified atom stereocenters. The molecule has 21 heavy (non-hydrogen) atoms. The molecule has 0 amide bonds. The highest BCUT2D eigenvalue weighted by Gasteiger charge is 2.36. The molecule has 0 spiro atoms. The highest BCUT2D eigenvalue weighted by Crippen LogP contribution is 2.40. The molecule has 110 valence electrons.